The molecular weight excluding hydrogens is 267 g/mol. The van der Waals surface area contributed by atoms with Crippen LogP contribution in [-0.4, -0.2) is 31.1 Å². The molecule has 1 aromatic rings. The predicted octanol–water partition coefficient (Wildman–Crippen LogP) is 3.52. The second-order valence-electron chi connectivity index (χ2n) is 4.97. The van der Waals surface area contributed by atoms with Crippen LogP contribution in [0.5, 0.6) is 0 Å². The molecule has 4 heteroatoms. The predicted molar refractivity (Wildman–Crippen MR) is 78.5 cm³/mol. The van der Waals surface area contributed by atoms with Crippen molar-refractivity contribution in [3.8, 4) is 0 Å². The molecule has 0 amide bonds. The first-order valence-corrected chi connectivity index (χ1v) is 7.33. The Morgan fingerprint density at radius 2 is 1.83 bits per heavy atom. The summed E-state index contributed by atoms with van der Waals surface area (Å²) in [5.41, 5.74) is 7.10. The fraction of sp³-hybridized carbons (Fsp3) is 0.571. The molecule has 1 atom stereocenters. The van der Waals surface area contributed by atoms with Crippen LogP contribution in [0.15, 0.2) is 18.2 Å². The Hall–Kier alpha value is -0.280. The zero-order valence-corrected chi connectivity index (χ0v) is 12.1. The molecule has 1 saturated heterocycles. The summed E-state index contributed by atoms with van der Waals surface area (Å²) in [5.74, 6) is 0.345. The third-order valence-corrected chi connectivity index (χ3v) is 4.37. The maximum atomic E-state index is 6.07. The zero-order chi connectivity index (χ0) is 13.0. The smallest absolute Gasteiger partial charge is 0.0595 e. The minimum absolute atomic E-state index is 0.345. The number of halogens is 2. The average molecular weight is 287 g/mol. The van der Waals surface area contributed by atoms with Gasteiger partial charge < -0.3 is 10.6 Å². The van der Waals surface area contributed by atoms with Gasteiger partial charge in [0.1, 0.15) is 0 Å². The minimum atomic E-state index is 0.345. The SMILES string of the molecule is NCC(CN1CCCCC1)c1ccc(Cl)c(Cl)c1. The Morgan fingerprint density at radius 3 is 2.44 bits per heavy atom. The highest BCUT2D eigenvalue weighted by Gasteiger charge is 2.17. The van der Waals surface area contributed by atoms with E-state index in [0.717, 1.165) is 6.54 Å². The van der Waals surface area contributed by atoms with E-state index in [1.807, 2.05) is 18.2 Å². The Labute approximate surface area is 119 Å². The number of likely N-dealkylation sites (tertiary alicyclic amines) is 1. The molecule has 0 bridgehead atoms. The van der Waals surface area contributed by atoms with Crippen molar-refractivity contribution in [2.75, 3.05) is 26.2 Å². The van der Waals surface area contributed by atoms with Crippen molar-refractivity contribution in [2.24, 2.45) is 5.73 Å². The number of rotatable bonds is 4. The summed E-state index contributed by atoms with van der Waals surface area (Å²) in [6.07, 6.45) is 3.97. The number of benzene rings is 1. The van der Waals surface area contributed by atoms with E-state index < -0.39 is 0 Å². The van der Waals surface area contributed by atoms with Crippen LogP contribution >= 0.6 is 23.2 Å². The fourth-order valence-electron chi connectivity index (χ4n) is 2.54. The molecule has 2 N–H and O–H groups in total. The summed E-state index contributed by atoms with van der Waals surface area (Å²) in [5, 5.41) is 1.22. The van der Waals surface area contributed by atoms with E-state index in [2.05, 4.69) is 4.90 Å². The number of hydrogen-bond donors (Lipinski definition) is 1. The summed E-state index contributed by atoms with van der Waals surface area (Å²) in [6, 6.07) is 5.85. The van der Waals surface area contributed by atoms with Crippen molar-refractivity contribution >= 4 is 23.2 Å². The summed E-state index contributed by atoms with van der Waals surface area (Å²) in [7, 11) is 0. The van der Waals surface area contributed by atoms with Crippen LogP contribution in [0, 0.1) is 0 Å². The summed E-state index contributed by atoms with van der Waals surface area (Å²) in [6.45, 7) is 4.05. The first-order valence-electron chi connectivity index (χ1n) is 6.58. The maximum absolute atomic E-state index is 6.07. The summed E-state index contributed by atoms with van der Waals surface area (Å²) in [4.78, 5) is 2.50. The van der Waals surface area contributed by atoms with Crippen LogP contribution in [0.4, 0.5) is 0 Å². The van der Waals surface area contributed by atoms with Crippen LogP contribution in [0.2, 0.25) is 10.0 Å². The van der Waals surface area contributed by atoms with E-state index in [9.17, 15) is 0 Å². The number of piperidine rings is 1. The molecule has 0 saturated carbocycles. The minimum Gasteiger partial charge on any atom is -0.330 e. The second kappa shape index (κ2) is 6.76. The molecule has 0 spiro atoms. The molecule has 1 unspecified atom stereocenters. The van der Waals surface area contributed by atoms with E-state index in [0.29, 0.717) is 22.5 Å². The maximum Gasteiger partial charge on any atom is 0.0595 e. The Bertz CT molecular complexity index is 389. The van der Waals surface area contributed by atoms with Crippen molar-refractivity contribution in [1.29, 1.82) is 0 Å². The normalized spacial score (nSPS) is 18.8. The van der Waals surface area contributed by atoms with Gasteiger partial charge >= 0.3 is 0 Å². The van der Waals surface area contributed by atoms with Gasteiger partial charge in [-0.25, -0.2) is 0 Å². The summed E-state index contributed by atoms with van der Waals surface area (Å²) < 4.78 is 0. The molecule has 18 heavy (non-hydrogen) atoms. The van der Waals surface area contributed by atoms with Gasteiger partial charge in [-0.05, 0) is 43.6 Å². The molecule has 1 aliphatic heterocycles. The Morgan fingerprint density at radius 1 is 1.11 bits per heavy atom. The van der Waals surface area contributed by atoms with Crippen molar-refractivity contribution in [3.63, 3.8) is 0 Å². The molecule has 2 rings (SSSR count). The largest absolute Gasteiger partial charge is 0.330 e. The van der Waals surface area contributed by atoms with Gasteiger partial charge in [-0.15, -0.1) is 0 Å². The van der Waals surface area contributed by atoms with Crippen molar-refractivity contribution < 1.29 is 0 Å². The highest BCUT2D eigenvalue weighted by atomic mass is 35.5. The van der Waals surface area contributed by atoms with Gasteiger partial charge in [0.2, 0.25) is 0 Å². The van der Waals surface area contributed by atoms with Gasteiger partial charge in [0.05, 0.1) is 10.0 Å². The molecule has 100 valence electrons. The lowest BCUT2D eigenvalue weighted by molar-refractivity contribution is 0.216. The van der Waals surface area contributed by atoms with Crippen LogP contribution in [0.3, 0.4) is 0 Å². The molecule has 1 aliphatic rings. The molecule has 1 fully saturated rings. The van der Waals surface area contributed by atoms with E-state index in [-0.39, 0.29) is 0 Å². The topological polar surface area (TPSA) is 29.3 Å². The van der Waals surface area contributed by atoms with E-state index in [4.69, 9.17) is 28.9 Å². The number of hydrogen-bond acceptors (Lipinski definition) is 2. The third-order valence-electron chi connectivity index (χ3n) is 3.63. The lowest BCUT2D eigenvalue weighted by Crippen LogP contribution is -2.35. The Balaban J connectivity index is 2.04. The molecule has 1 aromatic carbocycles. The lowest BCUT2D eigenvalue weighted by atomic mass is 9.97. The van der Waals surface area contributed by atoms with E-state index in [1.54, 1.807) is 0 Å². The van der Waals surface area contributed by atoms with Crippen LogP contribution in [0.1, 0.15) is 30.7 Å². The summed E-state index contributed by atoms with van der Waals surface area (Å²) >= 11 is 12.0. The molecule has 0 aliphatic carbocycles. The molecular formula is C14H20Cl2N2. The quantitative estimate of drug-likeness (QED) is 0.918. The first kappa shape index (κ1) is 14.1. The van der Waals surface area contributed by atoms with Gasteiger partial charge in [0.15, 0.2) is 0 Å². The van der Waals surface area contributed by atoms with Crippen LogP contribution < -0.4 is 5.73 Å². The standard InChI is InChI=1S/C14H20Cl2N2/c15-13-5-4-11(8-14(13)16)12(9-17)10-18-6-2-1-3-7-18/h4-5,8,12H,1-3,6-7,9-10,17H2. The molecule has 0 aromatic heterocycles. The first-order chi connectivity index (χ1) is 8.70. The van der Waals surface area contributed by atoms with E-state index >= 15 is 0 Å². The molecule has 2 nitrogen and oxygen atoms in total. The molecule has 1 heterocycles. The van der Waals surface area contributed by atoms with Crippen molar-refractivity contribution in [1.82, 2.24) is 4.90 Å². The highest BCUT2D eigenvalue weighted by molar-refractivity contribution is 6.42. The van der Waals surface area contributed by atoms with Crippen LogP contribution in [0.25, 0.3) is 0 Å². The lowest BCUT2D eigenvalue weighted by Gasteiger charge is -2.30. The zero-order valence-electron chi connectivity index (χ0n) is 10.5. The average Bonchev–Trinajstić information content (AvgIpc) is 2.40. The van der Waals surface area contributed by atoms with Crippen molar-refractivity contribution in [3.05, 3.63) is 33.8 Å². The van der Waals surface area contributed by atoms with Gasteiger partial charge in [-0.2, -0.15) is 0 Å². The fourth-order valence-corrected chi connectivity index (χ4v) is 2.84. The van der Waals surface area contributed by atoms with Gasteiger partial charge in [0.25, 0.3) is 0 Å². The number of nitrogens with two attached hydrogens (primary N) is 1. The second-order valence-corrected chi connectivity index (χ2v) is 5.78. The highest BCUT2D eigenvalue weighted by Crippen LogP contribution is 2.27. The Kier molecular flexibility index (Phi) is 5.31. The van der Waals surface area contributed by atoms with Gasteiger partial charge in [-0.3, -0.25) is 0 Å². The van der Waals surface area contributed by atoms with Gasteiger partial charge in [0, 0.05) is 19.0 Å². The van der Waals surface area contributed by atoms with Crippen molar-refractivity contribution in [2.45, 2.75) is 25.2 Å². The monoisotopic (exact) mass is 286 g/mol. The number of nitrogens with zero attached hydrogens (tertiary/aromatic N) is 1. The van der Waals surface area contributed by atoms with E-state index in [1.165, 1.54) is 37.9 Å². The van der Waals surface area contributed by atoms with Gasteiger partial charge in [-0.1, -0.05) is 35.7 Å². The third kappa shape index (κ3) is 3.61. The molecule has 0 radical (unpaired) electrons. The van der Waals surface area contributed by atoms with Crippen LogP contribution in [-0.2, 0) is 0 Å².